The summed E-state index contributed by atoms with van der Waals surface area (Å²) >= 11 is 0. The third-order valence-electron chi connectivity index (χ3n) is 3.23. The van der Waals surface area contributed by atoms with Crippen LogP contribution in [0.2, 0.25) is 0 Å². The summed E-state index contributed by atoms with van der Waals surface area (Å²) < 4.78 is 5.50. The average Bonchev–Trinajstić information content (AvgIpc) is 2.32. The molecule has 86 valence electrons. The zero-order valence-corrected chi connectivity index (χ0v) is 9.62. The van der Waals surface area contributed by atoms with Gasteiger partial charge in [-0.3, -0.25) is 0 Å². The van der Waals surface area contributed by atoms with Crippen molar-refractivity contribution in [3.63, 3.8) is 0 Å². The molecule has 3 heteroatoms. The van der Waals surface area contributed by atoms with Gasteiger partial charge < -0.3 is 15.9 Å². The first-order valence-corrected chi connectivity index (χ1v) is 5.70. The van der Waals surface area contributed by atoms with Gasteiger partial charge >= 0.3 is 0 Å². The van der Waals surface area contributed by atoms with E-state index in [9.17, 15) is 0 Å². The highest BCUT2D eigenvalue weighted by atomic mass is 16.5. The van der Waals surface area contributed by atoms with E-state index < -0.39 is 0 Å². The monoisotopic (exact) mass is 218 g/mol. The molecule has 1 unspecified atom stereocenters. The van der Waals surface area contributed by atoms with Crippen LogP contribution in [0.15, 0.2) is 12.1 Å². The minimum absolute atomic E-state index is 0.468. The molecule has 0 aliphatic carbocycles. The number of nitrogens with two attached hydrogens (primary N) is 1. The van der Waals surface area contributed by atoms with Crippen molar-refractivity contribution in [2.75, 3.05) is 18.9 Å². The first-order valence-electron chi connectivity index (χ1n) is 5.70. The summed E-state index contributed by atoms with van der Waals surface area (Å²) in [5.41, 5.74) is 9.91. The van der Waals surface area contributed by atoms with Crippen LogP contribution in [-0.4, -0.2) is 19.4 Å². The quantitative estimate of drug-likeness (QED) is 0.591. The summed E-state index contributed by atoms with van der Waals surface area (Å²) in [5, 5.41) is 7.27. The molecule has 1 aromatic carbocycles. The van der Waals surface area contributed by atoms with Crippen LogP contribution in [-0.2, 0) is 4.74 Å². The Bertz CT molecular complexity index is 395. The Balaban J connectivity index is 2.33. The molecule has 3 N–H and O–H groups in total. The molecule has 0 bridgehead atoms. The molecular formula is C13H18N2O. The lowest BCUT2D eigenvalue weighted by atomic mass is 9.89. The summed E-state index contributed by atoms with van der Waals surface area (Å²) in [6, 6.07) is 4.00. The Morgan fingerprint density at radius 2 is 2.31 bits per heavy atom. The second-order valence-corrected chi connectivity index (χ2v) is 4.40. The number of aryl methyl sites for hydroxylation is 1. The average molecular weight is 218 g/mol. The molecule has 0 saturated carbocycles. The second-order valence-electron chi connectivity index (χ2n) is 4.40. The molecule has 0 aromatic heterocycles. The molecule has 16 heavy (non-hydrogen) atoms. The van der Waals surface area contributed by atoms with Crippen molar-refractivity contribution >= 4 is 11.9 Å². The lowest BCUT2D eigenvalue weighted by Gasteiger charge is -2.24. The molecular weight excluding hydrogens is 200 g/mol. The topological polar surface area (TPSA) is 59.1 Å². The SMILES string of the molecule is Cc1cc(C=N)c(N)cc1C1CCCOC1. The van der Waals surface area contributed by atoms with Crippen LogP contribution in [0, 0.1) is 12.3 Å². The fraction of sp³-hybridized carbons (Fsp3) is 0.462. The van der Waals surface area contributed by atoms with Gasteiger partial charge in [0.05, 0.1) is 6.61 Å². The molecule has 1 saturated heterocycles. The number of benzene rings is 1. The number of nitrogen functional groups attached to an aromatic ring is 1. The Morgan fingerprint density at radius 1 is 1.50 bits per heavy atom. The van der Waals surface area contributed by atoms with Gasteiger partial charge in [-0.25, -0.2) is 0 Å². The van der Waals surface area contributed by atoms with Crippen LogP contribution in [0.1, 0.15) is 35.4 Å². The summed E-state index contributed by atoms with van der Waals surface area (Å²) in [6.45, 7) is 3.75. The van der Waals surface area contributed by atoms with Crippen molar-refractivity contribution in [3.8, 4) is 0 Å². The first-order chi connectivity index (χ1) is 7.72. The zero-order valence-electron chi connectivity index (χ0n) is 9.62. The standard InChI is InChI=1S/C13H18N2O/c1-9-5-11(7-14)13(15)6-12(9)10-3-2-4-16-8-10/h5-7,10,14H,2-4,8,15H2,1H3. The largest absolute Gasteiger partial charge is 0.398 e. The highest BCUT2D eigenvalue weighted by Crippen LogP contribution is 2.30. The van der Waals surface area contributed by atoms with E-state index in [0.29, 0.717) is 11.6 Å². The van der Waals surface area contributed by atoms with Crippen molar-refractivity contribution in [2.24, 2.45) is 0 Å². The third-order valence-corrected chi connectivity index (χ3v) is 3.23. The molecule has 0 radical (unpaired) electrons. The van der Waals surface area contributed by atoms with Crippen LogP contribution >= 0.6 is 0 Å². The molecule has 1 atom stereocenters. The molecule has 1 heterocycles. The van der Waals surface area contributed by atoms with Crippen molar-refractivity contribution in [2.45, 2.75) is 25.7 Å². The smallest absolute Gasteiger partial charge is 0.0534 e. The van der Waals surface area contributed by atoms with E-state index in [-0.39, 0.29) is 0 Å². The Hall–Kier alpha value is -1.35. The van der Waals surface area contributed by atoms with Gasteiger partial charge in [-0.1, -0.05) is 0 Å². The maximum Gasteiger partial charge on any atom is 0.0534 e. The number of ether oxygens (including phenoxy) is 1. The molecule has 1 aromatic rings. The third kappa shape index (κ3) is 2.09. The van der Waals surface area contributed by atoms with Crippen molar-refractivity contribution in [1.29, 1.82) is 5.41 Å². The Labute approximate surface area is 96.1 Å². The molecule has 0 spiro atoms. The fourth-order valence-electron chi connectivity index (χ4n) is 2.32. The maximum absolute atomic E-state index is 7.27. The van der Waals surface area contributed by atoms with Crippen LogP contribution in [0.25, 0.3) is 0 Å². The zero-order chi connectivity index (χ0) is 11.5. The van der Waals surface area contributed by atoms with Gasteiger partial charge in [0, 0.05) is 30.0 Å². The second kappa shape index (κ2) is 4.66. The highest BCUT2D eigenvalue weighted by molar-refractivity contribution is 5.85. The summed E-state index contributed by atoms with van der Waals surface area (Å²) in [4.78, 5) is 0. The Kier molecular flexibility index (Phi) is 3.25. The van der Waals surface area contributed by atoms with Gasteiger partial charge in [-0.2, -0.15) is 0 Å². The number of rotatable bonds is 2. The Morgan fingerprint density at radius 3 is 2.94 bits per heavy atom. The fourth-order valence-corrected chi connectivity index (χ4v) is 2.32. The molecule has 2 rings (SSSR count). The van der Waals surface area contributed by atoms with E-state index in [2.05, 4.69) is 6.92 Å². The number of anilines is 1. The molecule has 1 aliphatic heterocycles. The minimum Gasteiger partial charge on any atom is -0.398 e. The summed E-state index contributed by atoms with van der Waals surface area (Å²) in [7, 11) is 0. The lowest BCUT2D eigenvalue weighted by molar-refractivity contribution is 0.0803. The number of hydrogen-bond acceptors (Lipinski definition) is 3. The van der Waals surface area contributed by atoms with E-state index in [1.807, 2.05) is 12.1 Å². The van der Waals surface area contributed by atoms with E-state index >= 15 is 0 Å². The van der Waals surface area contributed by atoms with E-state index in [0.717, 1.165) is 25.2 Å². The predicted octanol–water partition coefficient (Wildman–Crippen LogP) is 2.47. The predicted molar refractivity (Wildman–Crippen MR) is 66.3 cm³/mol. The van der Waals surface area contributed by atoms with Gasteiger partial charge in [-0.15, -0.1) is 0 Å². The first kappa shape index (κ1) is 11.1. The van der Waals surface area contributed by atoms with Gasteiger partial charge in [0.25, 0.3) is 0 Å². The van der Waals surface area contributed by atoms with E-state index in [1.165, 1.54) is 23.8 Å². The van der Waals surface area contributed by atoms with E-state index in [4.69, 9.17) is 15.9 Å². The van der Waals surface area contributed by atoms with Gasteiger partial charge in [0.2, 0.25) is 0 Å². The van der Waals surface area contributed by atoms with Crippen molar-refractivity contribution in [1.82, 2.24) is 0 Å². The number of nitrogens with one attached hydrogen (secondary N) is 1. The van der Waals surface area contributed by atoms with Gasteiger partial charge in [0.15, 0.2) is 0 Å². The number of hydrogen-bond donors (Lipinski definition) is 2. The van der Waals surface area contributed by atoms with Gasteiger partial charge in [0.1, 0.15) is 0 Å². The van der Waals surface area contributed by atoms with Crippen LogP contribution in [0.3, 0.4) is 0 Å². The van der Waals surface area contributed by atoms with Crippen molar-refractivity contribution < 1.29 is 4.74 Å². The minimum atomic E-state index is 0.468. The summed E-state index contributed by atoms with van der Waals surface area (Å²) in [6.07, 6.45) is 3.60. The molecule has 3 nitrogen and oxygen atoms in total. The van der Waals surface area contributed by atoms with Crippen LogP contribution in [0.4, 0.5) is 5.69 Å². The maximum atomic E-state index is 7.27. The van der Waals surface area contributed by atoms with Crippen LogP contribution < -0.4 is 5.73 Å². The van der Waals surface area contributed by atoms with Crippen molar-refractivity contribution in [3.05, 3.63) is 28.8 Å². The van der Waals surface area contributed by atoms with Crippen LogP contribution in [0.5, 0.6) is 0 Å². The normalized spacial score (nSPS) is 20.7. The molecule has 1 fully saturated rings. The molecule has 1 aliphatic rings. The van der Waals surface area contributed by atoms with Gasteiger partial charge in [-0.05, 0) is 43.0 Å². The lowest BCUT2D eigenvalue weighted by Crippen LogP contribution is -2.16. The molecule has 0 amide bonds. The van der Waals surface area contributed by atoms with E-state index in [1.54, 1.807) is 0 Å². The highest BCUT2D eigenvalue weighted by Gasteiger charge is 2.18. The summed E-state index contributed by atoms with van der Waals surface area (Å²) in [5.74, 6) is 0.468.